The Hall–Kier alpha value is -4.79. The minimum absolute atomic E-state index is 0.0272. The zero-order valence-corrected chi connectivity index (χ0v) is 32.7. The summed E-state index contributed by atoms with van der Waals surface area (Å²) >= 11 is 0. The van der Waals surface area contributed by atoms with Crippen LogP contribution in [-0.2, 0) is 38.2 Å². The van der Waals surface area contributed by atoms with Gasteiger partial charge in [0.25, 0.3) is 5.91 Å². The number of carbonyl (C=O) groups excluding carboxylic acids is 7. The van der Waals surface area contributed by atoms with Gasteiger partial charge in [-0.2, -0.15) is 0 Å². The number of likely N-dealkylation sites (tertiary alicyclic amines) is 1. The molecule has 5 unspecified atom stereocenters. The lowest BCUT2D eigenvalue weighted by Gasteiger charge is -2.35. The normalized spacial score (nSPS) is 17.5. The maximum Gasteiger partial charge on any atom is 0.407 e. The van der Waals surface area contributed by atoms with E-state index in [4.69, 9.17) is 9.47 Å². The van der Waals surface area contributed by atoms with Crippen LogP contribution in [0.5, 0.6) is 0 Å². The van der Waals surface area contributed by atoms with E-state index in [0.717, 1.165) is 0 Å². The summed E-state index contributed by atoms with van der Waals surface area (Å²) in [4.78, 5) is 95.4. The van der Waals surface area contributed by atoms with E-state index < -0.39 is 89.2 Å². The quantitative estimate of drug-likeness (QED) is 0.145. The fraction of sp³-hybridized carbons (Fsp3) is 0.605. The molecule has 1 heterocycles. The SMILES string of the molecule is C=CCC(NC(=O)C1CC(OC(C)(C)C)CN1C(=O)C(NC(=O)OCC(C)C)C(C)(C)C)C(=O)C(=O)NCC(=O)NC(C(=O)N(C)C)c1ccccc1. The van der Waals surface area contributed by atoms with Gasteiger partial charge in [-0.15, -0.1) is 6.58 Å². The maximum atomic E-state index is 14.2. The lowest BCUT2D eigenvalue weighted by Crippen LogP contribution is -2.59. The average molecular weight is 743 g/mol. The van der Waals surface area contributed by atoms with Gasteiger partial charge in [-0.05, 0) is 44.1 Å². The maximum absolute atomic E-state index is 14.2. The molecule has 294 valence electrons. The van der Waals surface area contributed by atoms with Crippen molar-refractivity contribution in [1.29, 1.82) is 0 Å². The second-order valence-corrected chi connectivity index (χ2v) is 15.8. The smallest absolute Gasteiger partial charge is 0.407 e. The van der Waals surface area contributed by atoms with Gasteiger partial charge in [0.05, 0.1) is 24.9 Å². The number of nitrogens with one attached hydrogen (secondary N) is 4. The number of carbonyl (C=O) groups is 7. The number of nitrogens with zero attached hydrogens (tertiary/aromatic N) is 2. The van der Waals surface area contributed by atoms with E-state index in [-0.39, 0.29) is 31.9 Å². The monoisotopic (exact) mass is 742 g/mol. The molecule has 15 heteroatoms. The van der Waals surface area contributed by atoms with Crippen molar-refractivity contribution < 1.29 is 43.0 Å². The van der Waals surface area contributed by atoms with Crippen molar-refractivity contribution in [2.45, 2.75) is 104 Å². The number of alkyl carbamates (subject to hydrolysis) is 1. The van der Waals surface area contributed by atoms with E-state index in [1.807, 2.05) is 34.6 Å². The Bertz CT molecular complexity index is 1480. The fourth-order valence-electron chi connectivity index (χ4n) is 5.57. The summed E-state index contributed by atoms with van der Waals surface area (Å²) < 4.78 is 11.4. The molecule has 6 amide bonds. The van der Waals surface area contributed by atoms with Crippen molar-refractivity contribution in [3.05, 3.63) is 48.6 Å². The zero-order valence-electron chi connectivity index (χ0n) is 32.7. The molecule has 0 spiro atoms. The van der Waals surface area contributed by atoms with E-state index in [1.54, 1.807) is 65.2 Å². The van der Waals surface area contributed by atoms with Crippen molar-refractivity contribution >= 4 is 41.4 Å². The molecule has 1 fully saturated rings. The van der Waals surface area contributed by atoms with Crippen LogP contribution in [0.2, 0.25) is 0 Å². The minimum Gasteiger partial charge on any atom is -0.449 e. The van der Waals surface area contributed by atoms with Crippen LogP contribution in [-0.4, -0.2) is 115 Å². The molecule has 0 bridgehead atoms. The molecule has 4 N–H and O–H groups in total. The Labute approximate surface area is 312 Å². The van der Waals surface area contributed by atoms with E-state index in [0.29, 0.717) is 5.56 Å². The van der Waals surface area contributed by atoms with E-state index in [1.165, 1.54) is 15.9 Å². The summed E-state index contributed by atoms with van der Waals surface area (Å²) in [6, 6.07) is 3.95. The van der Waals surface area contributed by atoms with Gasteiger partial charge in [0, 0.05) is 27.1 Å². The molecule has 0 radical (unpaired) electrons. The molecule has 0 aliphatic carbocycles. The van der Waals surface area contributed by atoms with Crippen LogP contribution in [0, 0.1) is 11.3 Å². The molecule has 1 saturated heterocycles. The Kier molecular flexibility index (Phi) is 16.2. The van der Waals surface area contributed by atoms with Gasteiger partial charge in [-0.25, -0.2) is 4.79 Å². The third-order valence-electron chi connectivity index (χ3n) is 8.09. The molecule has 2 rings (SSSR count). The molecule has 1 aromatic rings. The molecule has 5 atom stereocenters. The predicted molar refractivity (Wildman–Crippen MR) is 198 cm³/mol. The number of benzene rings is 1. The Balaban J connectivity index is 2.24. The number of rotatable bonds is 16. The van der Waals surface area contributed by atoms with Gasteiger partial charge in [0.1, 0.15) is 24.2 Å². The molecule has 0 aromatic heterocycles. The van der Waals surface area contributed by atoms with Crippen molar-refractivity contribution in [2.24, 2.45) is 11.3 Å². The van der Waals surface area contributed by atoms with Gasteiger partial charge in [-0.1, -0.05) is 71.0 Å². The predicted octanol–water partition coefficient (Wildman–Crippen LogP) is 2.26. The second kappa shape index (κ2) is 19.3. The standard InChI is InChI=1S/C38H58N6O9/c1-12-16-26(30(46)33(48)39-20-28(45)41-29(34(49)43(10)11)24-17-14-13-15-18-24)40-32(47)27-19-25(53-38(7,8)9)21-44(27)35(50)31(37(4,5)6)42-36(51)52-22-23(2)3/h12-15,17-18,23,25-27,29,31H,1,16,19-22H2,2-11H3,(H,39,48)(H,40,47)(H,41,45)(H,42,51). The molecule has 15 nitrogen and oxygen atoms in total. The minimum atomic E-state index is -1.38. The van der Waals surface area contributed by atoms with E-state index >= 15 is 0 Å². The summed E-state index contributed by atoms with van der Waals surface area (Å²) in [6.07, 6.45) is -0.0257. The summed E-state index contributed by atoms with van der Waals surface area (Å²) in [6.45, 7) is 17.8. The first-order valence-electron chi connectivity index (χ1n) is 17.8. The summed E-state index contributed by atoms with van der Waals surface area (Å²) in [5.74, 6) is -4.50. The van der Waals surface area contributed by atoms with Gasteiger partial charge >= 0.3 is 6.09 Å². The van der Waals surface area contributed by atoms with Crippen molar-refractivity contribution in [2.75, 3.05) is 33.8 Å². The Morgan fingerprint density at radius 2 is 1.58 bits per heavy atom. The topological polar surface area (TPSA) is 193 Å². The molecule has 1 aliphatic rings. The first kappa shape index (κ1) is 44.4. The number of amides is 6. The number of Topliss-reactive ketones (excluding diaryl/α,β-unsaturated/α-hetero) is 1. The van der Waals surface area contributed by atoms with Crippen LogP contribution in [0.15, 0.2) is 43.0 Å². The molecule has 53 heavy (non-hydrogen) atoms. The van der Waals surface area contributed by atoms with E-state index in [9.17, 15) is 33.6 Å². The largest absolute Gasteiger partial charge is 0.449 e. The van der Waals surface area contributed by atoms with Gasteiger partial charge in [0.2, 0.25) is 29.4 Å². The van der Waals surface area contributed by atoms with Crippen LogP contribution < -0.4 is 21.3 Å². The van der Waals surface area contributed by atoms with Gasteiger partial charge in [0.15, 0.2) is 0 Å². The first-order chi connectivity index (χ1) is 24.5. The van der Waals surface area contributed by atoms with Crippen molar-refractivity contribution in [3.63, 3.8) is 0 Å². The van der Waals surface area contributed by atoms with Gasteiger partial charge in [-0.3, -0.25) is 28.8 Å². The molecule has 1 aromatic carbocycles. The molecule has 0 saturated carbocycles. The summed E-state index contributed by atoms with van der Waals surface area (Å²) in [7, 11) is 3.09. The fourth-order valence-corrected chi connectivity index (χ4v) is 5.57. The lowest BCUT2D eigenvalue weighted by molar-refractivity contribution is -0.144. The summed E-state index contributed by atoms with van der Waals surface area (Å²) in [5, 5.41) is 10.1. The number of ketones is 1. The molecular formula is C38H58N6O9. The number of hydrogen-bond acceptors (Lipinski definition) is 9. The third-order valence-corrected chi connectivity index (χ3v) is 8.09. The number of likely N-dealkylation sites (N-methyl/N-ethyl adjacent to an activating group) is 1. The first-order valence-corrected chi connectivity index (χ1v) is 17.8. The highest BCUT2D eigenvalue weighted by atomic mass is 16.5. The summed E-state index contributed by atoms with van der Waals surface area (Å²) in [5.41, 5.74) is -0.870. The highest BCUT2D eigenvalue weighted by molar-refractivity contribution is 6.38. The van der Waals surface area contributed by atoms with Crippen LogP contribution in [0.3, 0.4) is 0 Å². The zero-order chi connectivity index (χ0) is 40.3. The average Bonchev–Trinajstić information content (AvgIpc) is 3.48. The molecular weight excluding hydrogens is 684 g/mol. The van der Waals surface area contributed by atoms with Crippen LogP contribution >= 0.6 is 0 Å². The lowest BCUT2D eigenvalue weighted by atomic mass is 9.85. The van der Waals surface area contributed by atoms with Gasteiger partial charge < -0.3 is 40.5 Å². The number of hydrogen-bond donors (Lipinski definition) is 4. The van der Waals surface area contributed by atoms with Crippen molar-refractivity contribution in [1.82, 2.24) is 31.1 Å². The molecule has 1 aliphatic heterocycles. The highest BCUT2D eigenvalue weighted by Crippen LogP contribution is 2.29. The Morgan fingerprint density at radius 1 is 0.962 bits per heavy atom. The van der Waals surface area contributed by atoms with Crippen molar-refractivity contribution in [3.8, 4) is 0 Å². The Morgan fingerprint density at radius 3 is 2.11 bits per heavy atom. The third kappa shape index (κ3) is 13.9. The van der Waals surface area contributed by atoms with E-state index in [2.05, 4.69) is 27.8 Å². The van der Waals surface area contributed by atoms with Crippen LogP contribution in [0.1, 0.15) is 79.8 Å². The number of ether oxygens (including phenoxy) is 2. The highest BCUT2D eigenvalue weighted by Gasteiger charge is 2.47. The van der Waals surface area contributed by atoms with Crippen LogP contribution in [0.4, 0.5) is 4.79 Å². The second-order valence-electron chi connectivity index (χ2n) is 15.8. The van der Waals surface area contributed by atoms with Crippen LogP contribution in [0.25, 0.3) is 0 Å².